The van der Waals surface area contributed by atoms with Gasteiger partial charge >= 0.3 is 0 Å². The van der Waals surface area contributed by atoms with Crippen molar-refractivity contribution in [3.63, 3.8) is 0 Å². The summed E-state index contributed by atoms with van der Waals surface area (Å²) in [4.78, 5) is 16.8. The van der Waals surface area contributed by atoms with Crippen LogP contribution in [0.2, 0.25) is 0 Å². The number of carbonyl (C=O) groups is 1. The van der Waals surface area contributed by atoms with E-state index in [1.807, 2.05) is 18.7 Å². The molecule has 1 saturated heterocycles. The average molecular weight is 348 g/mol. The highest BCUT2D eigenvalue weighted by molar-refractivity contribution is 5.76. The summed E-state index contributed by atoms with van der Waals surface area (Å²) in [5.74, 6) is 0.959. The first-order chi connectivity index (χ1) is 12.1. The smallest absolute Gasteiger partial charge is 0.223 e. The molecule has 5 heteroatoms. The van der Waals surface area contributed by atoms with Crippen LogP contribution in [0.15, 0.2) is 6.07 Å². The number of likely N-dealkylation sites (tertiary alicyclic amines) is 1. The van der Waals surface area contributed by atoms with E-state index < -0.39 is 0 Å². The highest BCUT2D eigenvalue weighted by atomic mass is 16.2. The van der Waals surface area contributed by atoms with Crippen molar-refractivity contribution in [2.75, 3.05) is 26.2 Å². The molecule has 25 heavy (non-hydrogen) atoms. The maximum atomic E-state index is 13.0. The minimum Gasteiger partial charge on any atom is -0.333 e. The third kappa shape index (κ3) is 5.30. The van der Waals surface area contributed by atoms with E-state index in [1.54, 1.807) is 4.90 Å². The molecule has 0 unspecified atom stereocenters. The van der Waals surface area contributed by atoms with Crippen molar-refractivity contribution in [3.8, 4) is 0 Å². The van der Waals surface area contributed by atoms with E-state index in [2.05, 4.69) is 16.1 Å². The first-order valence-electron chi connectivity index (χ1n) is 10.2. The van der Waals surface area contributed by atoms with Gasteiger partial charge in [0.2, 0.25) is 5.91 Å². The molecule has 1 aromatic rings. The topological polar surface area (TPSA) is 42.6 Å². The molecule has 2 aliphatic rings. The lowest BCUT2D eigenvalue weighted by atomic mass is 9.86. The summed E-state index contributed by atoms with van der Waals surface area (Å²) in [7, 11) is 1.98. The standard InChI is InChI=1S/C20H34N4O/c1-17-14-19(22(2)21-17)16-24(13-12-23-10-6-7-11-23)20(25)15-18-8-4-3-5-9-18/h14,18H,3-13,15-16H2,1-2H3/p+1. The van der Waals surface area contributed by atoms with Crippen LogP contribution >= 0.6 is 0 Å². The van der Waals surface area contributed by atoms with Gasteiger partial charge in [-0.2, -0.15) is 5.10 Å². The number of aryl methyl sites for hydroxylation is 2. The van der Waals surface area contributed by atoms with Gasteiger partial charge in [0.15, 0.2) is 0 Å². The molecule has 0 radical (unpaired) electrons. The monoisotopic (exact) mass is 347 g/mol. The predicted octanol–water partition coefficient (Wildman–Crippen LogP) is 1.71. The van der Waals surface area contributed by atoms with E-state index in [0.717, 1.165) is 30.9 Å². The van der Waals surface area contributed by atoms with Crippen molar-refractivity contribution in [3.05, 3.63) is 17.5 Å². The van der Waals surface area contributed by atoms with E-state index in [-0.39, 0.29) is 0 Å². The normalized spacial score (nSPS) is 19.4. The highest BCUT2D eigenvalue weighted by Gasteiger charge is 2.24. The second-order valence-corrected chi connectivity index (χ2v) is 8.13. The fraction of sp³-hybridized carbons (Fsp3) is 0.800. The lowest BCUT2D eigenvalue weighted by Gasteiger charge is -2.27. The van der Waals surface area contributed by atoms with E-state index in [9.17, 15) is 4.79 Å². The summed E-state index contributed by atoms with van der Waals surface area (Å²) in [6, 6.07) is 2.11. The molecule has 3 rings (SSSR count). The molecule has 1 aromatic heterocycles. The average Bonchev–Trinajstić information content (AvgIpc) is 3.22. The molecule has 5 nitrogen and oxygen atoms in total. The Morgan fingerprint density at radius 3 is 2.60 bits per heavy atom. The molecule has 0 atom stereocenters. The zero-order chi connectivity index (χ0) is 17.6. The van der Waals surface area contributed by atoms with E-state index in [1.165, 1.54) is 58.0 Å². The van der Waals surface area contributed by atoms with Crippen LogP contribution in [-0.4, -0.2) is 46.8 Å². The van der Waals surface area contributed by atoms with Crippen LogP contribution in [0.4, 0.5) is 0 Å². The van der Waals surface area contributed by atoms with Crippen molar-refractivity contribution >= 4 is 5.91 Å². The zero-order valence-corrected chi connectivity index (χ0v) is 16.1. The first kappa shape index (κ1) is 18.4. The number of nitrogens with zero attached hydrogens (tertiary/aromatic N) is 3. The summed E-state index contributed by atoms with van der Waals surface area (Å²) < 4.78 is 1.93. The van der Waals surface area contributed by atoms with E-state index in [0.29, 0.717) is 18.4 Å². The van der Waals surface area contributed by atoms with E-state index >= 15 is 0 Å². The molecular formula is C20H35N4O+. The molecule has 1 saturated carbocycles. The first-order valence-corrected chi connectivity index (χ1v) is 10.2. The second kappa shape index (κ2) is 8.84. The van der Waals surface area contributed by atoms with Crippen molar-refractivity contribution in [2.24, 2.45) is 13.0 Å². The van der Waals surface area contributed by atoms with Crippen LogP contribution in [0.3, 0.4) is 0 Å². The number of carbonyl (C=O) groups excluding carboxylic acids is 1. The van der Waals surface area contributed by atoms with Gasteiger partial charge in [-0.05, 0) is 31.7 Å². The Balaban J connectivity index is 1.61. The van der Waals surface area contributed by atoms with Gasteiger partial charge in [-0.3, -0.25) is 9.48 Å². The molecule has 0 aromatic carbocycles. The Bertz CT molecular complexity index is 556. The number of quaternary nitrogens is 1. The number of nitrogens with one attached hydrogen (secondary N) is 1. The number of hydrogen-bond acceptors (Lipinski definition) is 2. The van der Waals surface area contributed by atoms with Crippen LogP contribution in [-0.2, 0) is 18.4 Å². The lowest BCUT2D eigenvalue weighted by Crippen LogP contribution is -3.10. The Hall–Kier alpha value is -1.36. The summed E-state index contributed by atoms with van der Waals surface area (Å²) in [5.41, 5.74) is 2.17. The minimum atomic E-state index is 0.351. The van der Waals surface area contributed by atoms with Gasteiger partial charge in [0.25, 0.3) is 0 Å². The fourth-order valence-electron chi connectivity index (χ4n) is 4.49. The minimum absolute atomic E-state index is 0.351. The van der Waals surface area contributed by atoms with Crippen LogP contribution in [0.5, 0.6) is 0 Å². The van der Waals surface area contributed by atoms with Crippen LogP contribution in [0, 0.1) is 12.8 Å². The number of hydrogen-bond donors (Lipinski definition) is 1. The summed E-state index contributed by atoms with van der Waals surface area (Å²) in [5, 5.41) is 4.45. The second-order valence-electron chi connectivity index (χ2n) is 8.13. The summed E-state index contributed by atoms with van der Waals surface area (Å²) in [6.07, 6.45) is 9.85. The lowest BCUT2D eigenvalue weighted by molar-refractivity contribution is -0.886. The number of amides is 1. The van der Waals surface area contributed by atoms with E-state index in [4.69, 9.17) is 0 Å². The fourth-order valence-corrected chi connectivity index (χ4v) is 4.49. The van der Waals surface area contributed by atoms with Gasteiger partial charge in [-0.1, -0.05) is 19.3 Å². The maximum absolute atomic E-state index is 13.0. The van der Waals surface area contributed by atoms with Gasteiger partial charge in [0, 0.05) is 26.3 Å². The Kier molecular flexibility index (Phi) is 6.51. The Morgan fingerprint density at radius 2 is 1.96 bits per heavy atom. The van der Waals surface area contributed by atoms with Crippen LogP contribution < -0.4 is 4.90 Å². The quantitative estimate of drug-likeness (QED) is 0.816. The molecule has 1 aliphatic heterocycles. The summed E-state index contributed by atoms with van der Waals surface area (Å²) in [6.45, 7) is 7.24. The molecule has 2 heterocycles. The van der Waals surface area contributed by atoms with Crippen molar-refractivity contribution in [2.45, 2.75) is 64.8 Å². The van der Waals surface area contributed by atoms with Gasteiger partial charge in [0.05, 0.1) is 44.1 Å². The molecule has 0 bridgehead atoms. The van der Waals surface area contributed by atoms with Crippen molar-refractivity contribution in [1.29, 1.82) is 0 Å². The van der Waals surface area contributed by atoms with Crippen LogP contribution in [0.1, 0.15) is 62.8 Å². The molecule has 140 valence electrons. The summed E-state index contributed by atoms with van der Waals surface area (Å²) >= 11 is 0. The zero-order valence-electron chi connectivity index (χ0n) is 16.1. The maximum Gasteiger partial charge on any atom is 0.223 e. The predicted molar refractivity (Wildman–Crippen MR) is 99.4 cm³/mol. The Labute approximate surface area is 152 Å². The molecule has 1 amide bonds. The van der Waals surface area contributed by atoms with Crippen molar-refractivity contribution in [1.82, 2.24) is 14.7 Å². The SMILES string of the molecule is Cc1cc(CN(CC[NH+]2CCCC2)C(=O)CC2CCCCC2)n(C)n1. The van der Waals surface area contributed by atoms with Crippen LogP contribution in [0.25, 0.3) is 0 Å². The molecule has 0 spiro atoms. The molecular weight excluding hydrogens is 312 g/mol. The van der Waals surface area contributed by atoms with Gasteiger partial charge in [-0.25, -0.2) is 0 Å². The molecule has 1 N–H and O–H groups in total. The number of aromatic nitrogens is 2. The largest absolute Gasteiger partial charge is 0.333 e. The third-order valence-electron chi connectivity index (χ3n) is 6.04. The number of rotatable bonds is 7. The van der Waals surface area contributed by atoms with Crippen molar-refractivity contribution < 1.29 is 9.69 Å². The molecule has 2 fully saturated rings. The van der Waals surface area contributed by atoms with Gasteiger partial charge in [-0.15, -0.1) is 0 Å². The highest BCUT2D eigenvalue weighted by Crippen LogP contribution is 2.27. The Morgan fingerprint density at radius 1 is 1.24 bits per heavy atom. The third-order valence-corrected chi connectivity index (χ3v) is 6.04. The van der Waals surface area contributed by atoms with Gasteiger partial charge in [0.1, 0.15) is 0 Å². The van der Waals surface area contributed by atoms with Gasteiger partial charge < -0.3 is 9.80 Å². The molecule has 1 aliphatic carbocycles.